The molecule has 0 unspecified atom stereocenters. The van der Waals surface area contributed by atoms with Crippen molar-refractivity contribution in [2.75, 3.05) is 0 Å². The lowest BCUT2D eigenvalue weighted by molar-refractivity contribution is 0.112. The van der Waals surface area contributed by atoms with Crippen LogP contribution in [0, 0.1) is 0 Å². The van der Waals surface area contributed by atoms with Crippen LogP contribution in [0.3, 0.4) is 0 Å². The third-order valence-electron chi connectivity index (χ3n) is 2.13. The van der Waals surface area contributed by atoms with Crippen molar-refractivity contribution in [1.29, 1.82) is 0 Å². The van der Waals surface area contributed by atoms with Crippen molar-refractivity contribution in [2.45, 2.75) is 26.7 Å². The minimum atomic E-state index is 0.782. The predicted molar refractivity (Wildman–Crippen MR) is 50.6 cm³/mol. The van der Waals surface area contributed by atoms with Gasteiger partial charge >= 0.3 is 0 Å². The number of benzene rings is 1. The Kier molecular flexibility index (Phi) is 3.03. The monoisotopic (exact) mass is 162 g/mol. The van der Waals surface area contributed by atoms with Crippen LogP contribution in [0.15, 0.2) is 18.2 Å². The molecule has 1 nitrogen and oxygen atoms in total. The standard InChI is InChI=1S/C11H14O/c1-3-10-6-5-9(8-12)7-11(10)4-2/h5-8H,3-4H2,1-2H3. The van der Waals surface area contributed by atoms with Crippen LogP contribution in [-0.4, -0.2) is 6.29 Å². The van der Waals surface area contributed by atoms with E-state index in [0.29, 0.717) is 0 Å². The van der Waals surface area contributed by atoms with Gasteiger partial charge in [0.15, 0.2) is 0 Å². The highest BCUT2D eigenvalue weighted by atomic mass is 16.1. The molecule has 0 radical (unpaired) electrons. The van der Waals surface area contributed by atoms with Crippen LogP contribution in [0.25, 0.3) is 0 Å². The van der Waals surface area contributed by atoms with Crippen molar-refractivity contribution in [1.82, 2.24) is 0 Å². The second-order valence-electron chi connectivity index (χ2n) is 2.85. The predicted octanol–water partition coefficient (Wildman–Crippen LogP) is 2.62. The molecule has 0 saturated carbocycles. The number of rotatable bonds is 3. The van der Waals surface area contributed by atoms with Gasteiger partial charge in [0.05, 0.1) is 0 Å². The van der Waals surface area contributed by atoms with Gasteiger partial charge in [0.1, 0.15) is 6.29 Å². The van der Waals surface area contributed by atoms with Crippen LogP contribution in [0.1, 0.15) is 35.3 Å². The van der Waals surface area contributed by atoms with Crippen LogP contribution in [0.5, 0.6) is 0 Å². The quantitative estimate of drug-likeness (QED) is 0.624. The number of carbonyl (C=O) groups is 1. The number of aryl methyl sites for hydroxylation is 2. The maximum Gasteiger partial charge on any atom is 0.150 e. The Morgan fingerprint density at radius 2 is 1.83 bits per heavy atom. The molecule has 0 heterocycles. The fourth-order valence-electron chi connectivity index (χ4n) is 1.39. The van der Waals surface area contributed by atoms with E-state index in [1.54, 1.807) is 0 Å². The van der Waals surface area contributed by atoms with Crippen molar-refractivity contribution in [3.8, 4) is 0 Å². The highest BCUT2D eigenvalue weighted by molar-refractivity contribution is 5.75. The Balaban J connectivity index is 3.10. The van der Waals surface area contributed by atoms with Gasteiger partial charge in [-0.25, -0.2) is 0 Å². The van der Waals surface area contributed by atoms with Gasteiger partial charge in [0, 0.05) is 5.56 Å². The van der Waals surface area contributed by atoms with Crippen molar-refractivity contribution < 1.29 is 4.79 Å². The summed E-state index contributed by atoms with van der Waals surface area (Å²) in [5.74, 6) is 0. The van der Waals surface area contributed by atoms with E-state index in [2.05, 4.69) is 13.8 Å². The molecule has 1 rings (SSSR count). The Labute approximate surface area is 73.4 Å². The molecule has 1 aromatic rings. The van der Waals surface area contributed by atoms with Gasteiger partial charge in [0.2, 0.25) is 0 Å². The van der Waals surface area contributed by atoms with Crippen LogP contribution >= 0.6 is 0 Å². The summed E-state index contributed by atoms with van der Waals surface area (Å²) >= 11 is 0. The summed E-state index contributed by atoms with van der Waals surface area (Å²) in [5.41, 5.74) is 3.43. The summed E-state index contributed by atoms with van der Waals surface area (Å²) in [7, 11) is 0. The first-order valence-corrected chi connectivity index (χ1v) is 4.38. The average Bonchev–Trinajstić information content (AvgIpc) is 2.16. The van der Waals surface area contributed by atoms with E-state index in [1.165, 1.54) is 11.1 Å². The SMILES string of the molecule is CCc1ccc(C=O)cc1CC. The zero-order valence-electron chi connectivity index (χ0n) is 7.63. The Morgan fingerprint density at radius 3 is 2.33 bits per heavy atom. The van der Waals surface area contributed by atoms with E-state index in [4.69, 9.17) is 0 Å². The van der Waals surface area contributed by atoms with E-state index in [0.717, 1.165) is 24.7 Å². The van der Waals surface area contributed by atoms with Gasteiger partial charge in [-0.2, -0.15) is 0 Å². The molecule has 0 aliphatic heterocycles. The molecule has 0 atom stereocenters. The zero-order chi connectivity index (χ0) is 8.97. The lowest BCUT2D eigenvalue weighted by Crippen LogP contribution is -1.92. The molecule has 1 aromatic carbocycles. The molecule has 0 amide bonds. The Bertz CT molecular complexity index is 276. The van der Waals surface area contributed by atoms with Gasteiger partial charge < -0.3 is 0 Å². The summed E-state index contributed by atoms with van der Waals surface area (Å²) < 4.78 is 0. The first-order chi connectivity index (χ1) is 5.81. The molecule has 1 heteroatoms. The first-order valence-electron chi connectivity index (χ1n) is 4.38. The molecule has 64 valence electrons. The van der Waals surface area contributed by atoms with E-state index in [-0.39, 0.29) is 0 Å². The smallest absolute Gasteiger partial charge is 0.150 e. The van der Waals surface area contributed by atoms with Gasteiger partial charge in [-0.1, -0.05) is 26.0 Å². The fraction of sp³-hybridized carbons (Fsp3) is 0.364. The van der Waals surface area contributed by atoms with Gasteiger partial charge in [-0.3, -0.25) is 4.79 Å². The Hall–Kier alpha value is -1.11. The fourth-order valence-corrected chi connectivity index (χ4v) is 1.39. The molecule has 0 spiro atoms. The molecule has 0 aliphatic carbocycles. The van der Waals surface area contributed by atoms with Crippen molar-refractivity contribution in [3.05, 3.63) is 34.9 Å². The second-order valence-corrected chi connectivity index (χ2v) is 2.85. The number of carbonyl (C=O) groups excluding carboxylic acids is 1. The number of hydrogen-bond donors (Lipinski definition) is 0. The van der Waals surface area contributed by atoms with Crippen molar-refractivity contribution >= 4 is 6.29 Å². The van der Waals surface area contributed by atoms with Crippen molar-refractivity contribution in [3.63, 3.8) is 0 Å². The average molecular weight is 162 g/mol. The molecule has 0 N–H and O–H groups in total. The minimum absolute atomic E-state index is 0.782. The van der Waals surface area contributed by atoms with E-state index in [9.17, 15) is 4.79 Å². The number of hydrogen-bond acceptors (Lipinski definition) is 1. The molecule has 0 bridgehead atoms. The lowest BCUT2D eigenvalue weighted by Gasteiger charge is -2.04. The zero-order valence-corrected chi connectivity index (χ0v) is 7.63. The summed E-state index contributed by atoms with van der Waals surface area (Å²) in [6.07, 6.45) is 2.95. The highest BCUT2D eigenvalue weighted by Gasteiger charge is 1.99. The molecule has 12 heavy (non-hydrogen) atoms. The maximum atomic E-state index is 10.5. The molecule has 0 aromatic heterocycles. The molecule has 0 saturated heterocycles. The molecule has 0 fully saturated rings. The maximum absolute atomic E-state index is 10.5. The largest absolute Gasteiger partial charge is 0.298 e. The van der Waals surface area contributed by atoms with Crippen LogP contribution in [0.4, 0.5) is 0 Å². The van der Waals surface area contributed by atoms with Crippen LogP contribution < -0.4 is 0 Å². The molecular formula is C11H14O. The van der Waals surface area contributed by atoms with Gasteiger partial charge in [-0.15, -0.1) is 0 Å². The minimum Gasteiger partial charge on any atom is -0.298 e. The van der Waals surface area contributed by atoms with Gasteiger partial charge in [0.25, 0.3) is 0 Å². The topological polar surface area (TPSA) is 17.1 Å². The molecule has 0 aliphatic rings. The van der Waals surface area contributed by atoms with Crippen molar-refractivity contribution in [2.24, 2.45) is 0 Å². The summed E-state index contributed by atoms with van der Waals surface area (Å²) in [6.45, 7) is 4.25. The summed E-state index contributed by atoms with van der Waals surface area (Å²) in [5, 5.41) is 0. The Morgan fingerprint density at radius 1 is 1.17 bits per heavy atom. The first kappa shape index (κ1) is 8.98. The summed E-state index contributed by atoms with van der Waals surface area (Å²) in [6, 6.07) is 5.90. The highest BCUT2D eigenvalue weighted by Crippen LogP contribution is 2.12. The lowest BCUT2D eigenvalue weighted by atomic mass is 10.0. The summed E-state index contributed by atoms with van der Waals surface area (Å²) in [4.78, 5) is 10.5. The third-order valence-corrected chi connectivity index (χ3v) is 2.13. The van der Waals surface area contributed by atoms with E-state index < -0.39 is 0 Å². The number of aldehydes is 1. The normalized spacial score (nSPS) is 9.83. The third kappa shape index (κ3) is 1.73. The van der Waals surface area contributed by atoms with Gasteiger partial charge in [-0.05, 0) is 30.0 Å². The van der Waals surface area contributed by atoms with E-state index in [1.807, 2.05) is 18.2 Å². The van der Waals surface area contributed by atoms with E-state index >= 15 is 0 Å². The second kappa shape index (κ2) is 4.05. The molecular weight excluding hydrogens is 148 g/mol. The van der Waals surface area contributed by atoms with Crippen LogP contribution in [-0.2, 0) is 12.8 Å². The van der Waals surface area contributed by atoms with Crippen LogP contribution in [0.2, 0.25) is 0 Å².